The minimum atomic E-state index is -3.39. The topological polar surface area (TPSA) is 111 Å². The summed E-state index contributed by atoms with van der Waals surface area (Å²) in [6.07, 6.45) is 2.34. The van der Waals surface area contributed by atoms with Crippen LogP contribution >= 0.6 is 0 Å². The molecule has 1 aromatic carbocycles. The highest BCUT2D eigenvalue weighted by Crippen LogP contribution is 2.30. The fraction of sp³-hybridized carbons (Fsp3) is 0.533. The van der Waals surface area contributed by atoms with Crippen LogP contribution in [0.15, 0.2) is 18.2 Å². The number of carbonyl (C=O) groups is 1. The summed E-state index contributed by atoms with van der Waals surface area (Å²) in [5.74, 6) is 0.176. The van der Waals surface area contributed by atoms with Gasteiger partial charge in [0.2, 0.25) is 15.9 Å². The van der Waals surface area contributed by atoms with Gasteiger partial charge in [0, 0.05) is 23.7 Å². The third-order valence-electron chi connectivity index (χ3n) is 3.96. The van der Waals surface area contributed by atoms with Crippen LogP contribution in [-0.2, 0) is 14.8 Å². The Balaban J connectivity index is 2.11. The predicted molar refractivity (Wildman–Crippen MR) is 90.0 cm³/mol. The molecule has 2 unspecified atom stereocenters. The molecule has 7 nitrogen and oxygen atoms in total. The molecule has 0 heterocycles. The van der Waals surface area contributed by atoms with Gasteiger partial charge in [-0.2, -0.15) is 0 Å². The number of sulfonamides is 1. The van der Waals surface area contributed by atoms with Gasteiger partial charge in [-0.15, -0.1) is 0 Å². The van der Waals surface area contributed by atoms with Crippen molar-refractivity contribution in [3.05, 3.63) is 18.2 Å². The second-order valence-corrected chi connectivity index (χ2v) is 7.69. The molecule has 128 valence electrons. The molecule has 0 aromatic heterocycles. The van der Waals surface area contributed by atoms with Gasteiger partial charge in [-0.3, -0.25) is 9.52 Å². The van der Waals surface area contributed by atoms with Gasteiger partial charge in [0.05, 0.1) is 18.6 Å². The fourth-order valence-electron chi connectivity index (χ4n) is 2.59. The molecule has 1 aliphatic carbocycles. The summed E-state index contributed by atoms with van der Waals surface area (Å²) in [5.41, 5.74) is 6.73. The van der Waals surface area contributed by atoms with E-state index in [1.54, 1.807) is 25.1 Å². The maximum absolute atomic E-state index is 12.2. The molecule has 23 heavy (non-hydrogen) atoms. The van der Waals surface area contributed by atoms with Gasteiger partial charge in [-0.1, -0.05) is 0 Å². The van der Waals surface area contributed by atoms with Gasteiger partial charge in [0.25, 0.3) is 0 Å². The molecule has 2 rings (SSSR count). The molecule has 0 radical (unpaired) electrons. The number of rotatable bonds is 6. The van der Waals surface area contributed by atoms with Crippen molar-refractivity contribution in [2.24, 2.45) is 11.7 Å². The number of nitrogens with two attached hydrogens (primary N) is 1. The smallest absolute Gasteiger partial charge is 0.232 e. The summed E-state index contributed by atoms with van der Waals surface area (Å²) in [7, 11) is -1.95. The number of hydrogen-bond donors (Lipinski definition) is 3. The number of nitrogens with one attached hydrogen (secondary N) is 2. The number of methoxy groups -OCH3 is 1. The van der Waals surface area contributed by atoms with E-state index in [2.05, 4.69) is 10.0 Å². The fourth-order valence-corrected chi connectivity index (χ4v) is 3.24. The SMILES string of the molecule is CCS(=O)(=O)Nc1ccc(NC(=O)C2CCC(N)C2)cc1OC. The summed E-state index contributed by atoms with van der Waals surface area (Å²) in [4.78, 5) is 12.2. The standard InChI is InChI=1S/C15H23N3O4S/c1-3-23(20,21)18-13-7-6-12(9-14(13)22-2)17-15(19)10-4-5-11(16)8-10/h6-7,9-11,18H,3-5,8,16H2,1-2H3,(H,17,19). The van der Waals surface area contributed by atoms with Crippen molar-refractivity contribution in [2.45, 2.75) is 32.2 Å². The van der Waals surface area contributed by atoms with Crippen LogP contribution in [0.2, 0.25) is 0 Å². The molecular formula is C15H23N3O4S. The first-order chi connectivity index (χ1) is 10.8. The lowest BCUT2D eigenvalue weighted by molar-refractivity contribution is -0.119. The molecule has 1 aromatic rings. The van der Waals surface area contributed by atoms with Crippen LogP contribution in [0.4, 0.5) is 11.4 Å². The van der Waals surface area contributed by atoms with Gasteiger partial charge in [0.15, 0.2) is 0 Å². The minimum absolute atomic E-state index is 0.0312. The van der Waals surface area contributed by atoms with E-state index in [4.69, 9.17) is 10.5 Å². The maximum Gasteiger partial charge on any atom is 0.232 e. The Labute approximate surface area is 136 Å². The van der Waals surface area contributed by atoms with E-state index in [1.165, 1.54) is 7.11 Å². The summed E-state index contributed by atoms with van der Waals surface area (Å²) in [5, 5.41) is 2.83. The van der Waals surface area contributed by atoms with E-state index in [9.17, 15) is 13.2 Å². The molecule has 1 saturated carbocycles. The predicted octanol–water partition coefficient (Wildman–Crippen LogP) is 1.52. The number of anilines is 2. The van der Waals surface area contributed by atoms with Gasteiger partial charge in [-0.05, 0) is 38.3 Å². The number of ether oxygens (including phenoxy) is 1. The number of amides is 1. The van der Waals surface area contributed by atoms with Crippen molar-refractivity contribution in [3.63, 3.8) is 0 Å². The Bertz CT molecular complexity index is 675. The molecule has 0 aliphatic heterocycles. The summed E-state index contributed by atoms with van der Waals surface area (Å²) < 4.78 is 31.0. The highest BCUT2D eigenvalue weighted by Gasteiger charge is 2.27. The zero-order chi connectivity index (χ0) is 17.0. The van der Waals surface area contributed by atoms with E-state index in [0.29, 0.717) is 23.5 Å². The third-order valence-corrected chi connectivity index (χ3v) is 5.25. The molecule has 1 fully saturated rings. The molecule has 0 bridgehead atoms. The quantitative estimate of drug-likeness (QED) is 0.726. The van der Waals surface area contributed by atoms with Crippen LogP contribution in [0, 0.1) is 5.92 Å². The molecule has 1 aliphatic rings. The van der Waals surface area contributed by atoms with Crippen LogP contribution < -0.4 is 20.5 Å². The lowest BCUT2D eigenvalue weighted by Crippen LogP contribution is -2.23. The van der Waals surface area contributed by atoms with Gasteiger partial charge in [-0.25, -0.2) is 8.42 Å². The van der Waals surface area contributed by atoms with Crippen LogP contribution in [0.5, 0.6) is 5.75 Å². The zero-order valence-corrected chi connectivity index (χ0v) is 14.2. The first-order valence-electron chi connectivity index (χ1n) is 7.59. The van der Waals surface area contributed by atoms with Crippen LogP contribution in [0.25, 0.3) is 0 Å². The molecule has 0 spiro atoms. The van der Waals surface area contributed by atoms with Crippen molar-refractivity contribution < 1.29 is 17.9 Å². The average Bonchev–Trinajstić information content (AvgIpc) is 2.95. The monoisotopic (exact) mass is 341 g/mol. The van der Waals surface area contributed by atoms with Gasteiger partial charge in [0.1, 0.15) is 5.75 Å². The second-order valence-electron chi connectivity index (χ2n) is 5.68. The number of hydrogen-bond acceptors (Lipinski definition) is 5. The molecule has 0 saturated heterocycles. The average molecular weight is 341 g/mol. The maximum atomic E-state index is 12.2. The number of benzene rings is 1. The first-order valence-corrected chi connectivity index (χ1v) is 9.25. The Morgan fingerprint density at radius 1 is 1.39 bits per heavy atom. The molecule has 8 heteroatoms. The van der Waals surface area contributed by atoms with Gasteiger partial charge >= 0.3 is 0 Å². The number of carbonyl (C=O) groups excluding carboxylic acids is 1. The summed E-state index contributed by atoms with van der Waals surface area (Å²) >= 11 is 0. The summed E-state index contributed by atoms with van der Waals surface area (Å²) in [6.45, 7) is 1.55. The normalized spacial score (nSPS) is 21.0. The lowest BCUT2D eigenvalue weighted by atomic mass is 10.1. The van der Waals surface area contributed by atoms with Crippen molar-refractivity contribution in [1.29, 1.82) is 0 Å². The summed E-state index contributed by atoms with van der Waals surface area (Å²) in [6, 6.07) is 4.90. The Hall–Kier alpha value is -1.80. The Kier molecular flexibility index (Phi) is 5.48. The van der Waals surface area contributed by atoms with Gasteiger partial charge < -0.3 is 15.8 Å². The van der Waals surface area contributed by atoms with Crippen molar-refractivity contribution in [1.82, 2.24) is 0 Å². The highest BCUT2D eigenvalue weighted by atomic mass is 32.2. The highest BCUT2D eigenvalue weighted by molar-refractivity contribution is 7.92. The zero-order valence-electron chi connectivity index (χ0n) is 13.3. The van der Waals surface area contributed by atoms with E-state index in [0.717, 1.165) is 12.8 Å². The second kappa shape index (κ2) is 7.18. The largest absolute Gasteiger partial charge is 0.494 e. The van der Waals surface area contributed by atoms with E-state index >= 15 is 0 Å². The van der Waals surface area contributed by atoms with E-state index in [-0.39, 0.29) is 23.6 Å². The van der Waals surface area contributed by atoms with Crippen LogP contribution in [0.3, 0.4) is 0 Å². The molecule has 1 amide bonds. The van der Waals surface area contributed by atoms with E-state index in [1.807, 2.05) is 0 Å². The molecular weight excluding hydrogens is 318 g/mol. The molecule has 4 N–H and O–H groups in total. The van der Waals surface area contributed by atoms with Crippen molar-refractivity contribution in [2.75, 3.05) is 22.9 Å². The third kappa shape index (κ3) is 4.59. The Morgan fingerprint density at radius 3 is 2.70 bits per heavy atom. The Morgan fingerprint density at radius 2 is 2.13 bits per heavy atom. The van der Waals surface area contributed by atoms with Crippen LogP contribution in [-0.4, -0.2) is 33.2 Å². The van der Waals surface area contributed by atoms with Crippen LogP contribution in [0.1, 0.15) is 26.2 Å². The minimum Gasteiger partial charge on any atom is -0.494 e. The van der Waals surface area contributed by atoms with E-state index < -0.39 is 10.0 Å². The van der Waals surface area contributed by atoms with Crippen molar-refractivity contribution >= 4 is 27.3 Å². The molecule has 2 atom stereocenters. The van der Waals surface area contributed by atoms with Crippen molar-refractivity contribution in [3.8, 4) is 5.75 Å². The lowest BCUT2D eigenvalue weighted by Gasteiger charge is -2.14. The first kappa shape index (κ1) is 17.6.